The van der Waals surface area contributed by atoms with Gasteiger partial charge in [-0.1, -0.05) is 29.8 Å². The fourth-order valence-corrected chi connectivity index (χ4v) is 3.68. The van der Waals surface area contributed by atoms with Crippen molar-refractivity contribution >= 4 is 23.4 Å². The first-order valence-corrected chi connectivity index (χ1v) is 10.00. The Morgan fingerprint density at radius 3 is 2.74 bits per heavy atom. The van der Waals surface area contributed by atoms with E-state index in [0.717, 1.165) is 5.56 Å². The van der Waals surface area contributed by atoms with Gasteiger partial charge < -0.3 is 19.9 Å². The van der Waals surface area contributed by atoms with Crippen molar-refractivity contribution in [3.8, 4) is 5.75 Å². The number of carbonyl (C=O) groups is 2. The largest absolute Gasteiger partial charge is 0.503 e. The molecule has 0 saturated heterocycles. The van der Waals surface area contributed by atoms with Crippen LogP contribution in [-0.2, 0) is 19.6 Å². The highest BCUT2D eigenvalue weighted by atomic mass is 35.5. The van der Waals surface area contributed by atoms with Gasteiger partial charge in [0.15, 0.2) is 11.4 Å². The topological polar surface area (TPSA) is 105 Å². The summed E-state index contributed by atoms with van der Waals surface area (Å²) in [5.74, 6) is -1.86. The molecule has 1 aliphatic rings. The molecule has 3 aromatic rings. The van der Waals surface area contributed by atoms with Gasteiger partial charge in [0.1, 0.15) is 5.56 Å². The summed E-state index contributed by atoms with van der Waals surface area (Å²) in [6.07, 6.45) is 2.92. The van der Waals surface area contributed by atoms with E-state index in [0.29, 0.717) is 30.4 Å². The lowest BCUT2D eigenvalue weighted by Gasteiger charge is -2.30. The minimum atomic E-state index is -0.886. The van der Waals surface area contributed by atoms with Crippen molar-refractivity contribution in [3.05, 3.63) is 92.6 Å². The number of aromatic hydroxyl groups is 1. The number of halogens is 1. The Balaban J connectivity index is 1.56. The second kappa shape index (κ2) is 8.61. The summed E-state index contributed by atoms with van der Waals surface area (Å²) in [7, 11) is 0. The van der Waals surface area contributed by atoms with E-state index in [1.807, 2.05) is 6.07 Å². The second-order valence-electron chi connectivity index (χ2n) is 7.12. The quantitative estimate of drug-likeness (QED) is 0.635. The van der Waals surface area contributed by atoms with Crippen molar-refractivity contribution < 1.29 is 14.7 Å². The average Bonchev–Trinajstić information content (AvgIpc) is 2.77. The molecule has 0 spiro atoms. The van der Waals surface area contributed by atoms with Crippen LogP contribution in [0.1, 0.15) is 32.1 Å². The summed E-state index contributed by atoms with van der Waals surface area (Å²) in [4.78, 5) is 43.7. The zero-order valence-corrected chi connectivity index (χ0v) is 17.2. The third-order valence-corrected chi connectivity index (χ3v) is 5.26. The van der Waals surface area contributed by atoms with Crippen LogP contribution >= 0.6 is 11.6 Å². The van der Waals surface area contributed by atoms with Crippen molar-refractivity contribution in [1.29, 1.82) is 0 Å². The molecule has 31 heavy (non-hydrogen) atoms. The third-order valence-electron chi connectivity index (χ3n) is 5.02. The Hall–Kier alpha value is -3.65. The predicted octanol–water partition coefficient (Wildman–Crippen LogP) is 2.19. The molecule has 2 N–H and O–H groups in total. The van der Waals surface area contributed by atoms with Crippen molar-refractivity contribution in [2.75, 3.05) is 6.54 Å². The van der Waals surface area contributed by atoms with E-state index in [9.17, 15) is 19.5 Å². The highest BCUT2D eigenvalue weighted by molar-refractivity contribution is 6.30. The molecule has 0 radical (unpaired) electrons. The maximum Gasteiger partial charge on any atom is 0.274 e. The summed E-state index contributed by atoms with van der Waals surface area (Å²) in [6.45, 7) is 1.11. The molecule has 0 atom stereocenters. The lowest BCUT2D eigenvalue weighted by Crippen LogP contribution is -2.42. The van der Waals surface area contributed by atoms with Crippen molar-refractivity contribution in [3.63, 3.8) is 0 Å². The smallest absolute Gasteiger partial charge is 0.274 e. The fourth-order valence-electron chi connectivity index (χ4n) is 3.47. The Morgan fingerprint density at radius 1 is 1.16 bits per heavy atom. The number of fused-ring (bicyclic) bond motifs is 1. The molecule has 0 bridgehead atoms. The van der Waals surface area contributed by atoms with E-state index in [1.165, 1.54) is 15.7 Å². The van der Waals surface area contributed by atoms with Gasteiger partial charge in [-0.15, -0.1) is 0 Å². The van der Waals surface area contributed by atoms with Crippen LogP contribution in [0.2, 0.25) is 5.02 Å². The van der Waals surface area contributed by atoms with Crippen LogP contribution in [0.5, 0.6) is 5.75 Å². The van der Waals surface area contributed by atoms with E-state index in [1.54, 1.807) is 42.6 Å². The van der Waals surface area contributed by atoms with Gasteiger partial charge in [-0.05, 0) is 29.8 Å². The number of carbonyl (C=O) groups excluding carboxylic acids is 2. The minimum absolute atomic E-state index is 0.125. The lowest BCUT2D eigenvalue weighted by atomic mass is 10.1. The lowest BCUT2D eigenvalue weighted by molar-refractivity contribution is 0.0681. The number of rotatable bonds is 5. The minimum Gasteiger partial charge on any atom is -0.503 e. The molecule has 8 nitrogen and oxygen atoms in total. The van der Waals surface area contributed by atoms with Gasteiger partial charge in [-0.25, -0.2) is 0 Å². The molecule has 0 saturated carbocycles. The zero-order valence-electron chi connectivity index (χ0n) is 16.4. The molecule has 2 amide bonds. The van der Waals surface area contributed by atoms with Crippen molar-refractivity contribution in [2.24, 2.45) is 0 Å². The summed E-state index contributed by atoms with van der Waals surface area (Å²) < 4.78 is 1.45. The summed E-state index contributed by atoms with van der Waals surface area (Å²) >= 11 is 6.01. The van der Waals surface area contributed by atoms with Crippen LogP contribution in [0.25, 0.3) is 0 Å². The molecular formula is C22H19ClN4O4. The van der Waals surface area contributed by atoms with Crippen LogP contribution in [0, 0.1) is 0 Å². The van der Waals surface area contributed by atoms with E-state index < -0.39 is 23.0 Å². The Kier molecular flexibility index (Phi) is 5.73. The molecule has 1 aromatic carbocycles. The van der Waals surface area contributed by atoms with Crippen LogP contribution in [0.4, 0.5) is 0 Å². The summed E-state index contributed by atoms with van der Waals surface area (Å²) in [5.41, 5.74) is 0.224. The summed E-state index contributed by atoms with van der Waals surface area (Å²) in [5, 5.41) is 13.6. The first kappa shape index (κ1) is 20.6. The van der Waals surface area contributed by atoms with Gasteiger partial charge in [-0.3, -0.25) is 19.4 Å². The van der Waals surface area contributed by atoms with Crippen molar-refractivity contribution in [1.82, 2.24) is 19.8 Å². The molecule has 158 valence electrons. The standard InChI is InChI=1S/C22H19ClN4O4/c23-15-5-3-4-14(10-15)12-27-9-8-26-13-17(19(28)20(29)18(26)22(27)31)21(30)25-11-16-6-1-2-7-24-16/h1-7,10,13,29H,8-9,11-12H2,(H,25,30). The molecule has 2 aromatic heterocycles. The van der Waals surface area contributed by atoms with Crippen LogP contribution in [-0.4, -0.2) is 37.9 Å². The molecule has 4 rings (SSSR count). The number of nitrogens with zero attached hydrogens (tertiary/aromatic N) is 3. The van der Waals surface area contributed by atoms with Gasteiger partial charge in [0.2, 0.25) is 5.43 Å². The molecule has 0 fully saturated rings. The maximum absolute atomic E-state index is 12.9. The number of nitrogens with one attached hydrogen (secondary N) is 1. The van der Waals surface area contributed by atoms with Crippen LogP contribution in [0.15, 0.2) is 59.7 Å². The van der Waals surface area contributed by atoms with Gasteiger partial charge in [-0.2, -0.15) is 0 Å². The first-order chi connectivity index (χ1) is 14.9. The number of aromatic nitrogens is 2. The van der Waals surface area contributed by atoms with E-state index in [2.05, 4.69) is 10.3 Å². The Morgan fingerprint density at radius 2 is 2.00 bits per heavy atom. The Bertz CT molecular complexity index is 1210. The molecule has 9 heteroatoms. The number of hydrogen-bond acceptors (Lipinski definition) is 5. The highest BCUT2D eigenvalue weighted by Crippen LogP contribution is 2.22. The predicted molar refractivity (Wildman–Crippen MR) is 114 cm³/mol. The number of pyridine rings is 2. The monoisotopic (exact) mass is 438 g/mol. The second-order valence-corrected chi connectivity index (χ2v) is 7.56. The third kappa shape index (κ3) is 4.29. The molecule has 1 aliphatic heterocycles. The highest BCUT2D eigenvalue weighted by Gasteiger charge is 2.30. The number of amides is 2. The SMILES string of the molecule is O=C(NCc1ccccn1)c1cn2c(c(O)c1=O)C(=O)N(Cc1cccc(Cl)c1)CC2. The molecule has 3 heterocycles. The van der Waals surface area contributed by atoms with Gasteiger partial charge in [0, 0.05) is 37.1 Å². The van der Waals surface area contributed by atoms with E-state index >= 15 is 0 Å². The molecule has 0 unspecified atom stereocenters. The Labute approximate surface area is 182 Å². The normalized spacial score (nSPS) is 13.1. The number of benzene rings is 1. The van der Waals surface area contributed by atoms with Crippen molar-refractivity contribution in [2.45, 2.75) is 19.6 Å². The summed E-state index contributed by atoms with van der Waals surface area (Å²) in [6, 6.07) is 12.4. The average molecular weight is 439 g/mol. The van der Waals surface area contributed by atoms with E-state index in [-0.39, 0.29) is 17.8 Å². The maximum atomic E-state index is 12.9. The van der Waals surface area contributed by atoms with Gasteiger partial charge in [0.25, 0.3) is 11.8 Å². The van der Waals surface area contributed by atoms with E-state index in [4.69, 9.17) is 11.6 Å². The van der Waals surface area contributed by atoms with Crippen LogP contribution < -0.4 is 10.7 Å². The number of hydrogen-bond donors (Lipinski definition) is 2. The first-order valence-electron chi connectivity index (χ1n) is 9.62. The van der Waals surface area contributed by atoms with Gasteiger partial charge >= 0.3 is 0 Å². The van der Waals surface area contributed by atoms with Gasteiger partial charge in [0.05, 0.1) is 12.2 Å². The molecule has 0 aliphatic carbocycles. The fraction of sp³-hybridized carbons (Fsp3) is 0.182. The zero-order chi connectivity index (χ0) is 22.0. The van der Waals surface area contributed by atoms with Crippen LogP contribution in [0.3, 0.4) is 0 Å². The molecular weight excluding hydrogens is 420 g/mol.